The Hall–Kier alpha value is -2.67. The fraction of sp³-hybridized carbons (Fsp3) is 0.375. The second kappa shape index (κ2) is 8.60. The first-order valence-corrected chi connectivity index (χ1v) is 10.7. The van der Waals surface area contributed by atoms with Crippen molar-refractivity contribution in [3.8, 4) is 11.3 Å². The average Bonchev–Trinajstić information content (AvgIpc) is 3.45. The highest BCUT2D eigenvalue weighted by Gasteiger charge is 2.36. The van der Waals surface area contributed by atoms with Gasteiger partial charge in [-0.25, -0.2) is 4.98 Å². The number of aliphatic hydroxyl groups is 1. The number of likely N-dealkylation sites (tertiary alicyclic amines) is 1. The van der Waals surface area contributed by atoms with Gasteiger partial charge in [0, 0.05) is 63.6 Å². The molecule has 6 nitrogen and oxygen atoms in total. The van der Waals surface area contributed by atoms with Crippen LogP contribution in [0, 0.1) is 0 Å². The van der Waals surface area contributed by atoms with Crippen LogP contribution in [0.2, 0.25) is 0 Å². The van der Waals surface area contributed by atoms with E-state index in [0.717, 1.165) is 63.0 Å². The number of aromatic nitrogens is 1. The Kier molecular flexibility index (Phi) is 5.53. The summed E-state index contributed by atoms with van der Waals surface area (Å²) in [6, 6.07) is 18.7. The van der Waals surface area contributed by atoms with Gasteiger partial charge in [-0.2, -0.15) is 0 Å². The van der Waals surface area contributed by atoms with Crippen molar-refractivity contribution in [2.75, 3.05) is 44.2 Å². The lowest BCUT2D eigenvalue weighted by Gasteiger charge is -2.39. The lowest BCUT2D eigenvalue weighted by molar-refractivity contribution is 0.0790. The summed E-state index contributed by atoms with van der Waals surface area (Å²) in [5, 5.41) is 10.7. The quantitative estimate of drug-likeness (QED) is 0.706. The summed E-state index contributed by atoms with van der Waals surface area (Å²) in [5.41, 5.74) is 2.35. The maximum Gasteiger partial charge on any atom is 0.133 e. The van der Waals surface area contributed by atoms with Crippen LogP contribution in [0.3, 0.4) is 0 Å². The summed E-state index contributed by atoms with van der Waals surface area (Å²) in [6.07, 6.45) is 3.25. The molecule has 0 radical (unpaired) electrons. The zero-order chi connectivity index (χ0) is 20.3. The van der Waals surface area contributed by atoms with Crippen molar-refractivity contribution in [3.63, 3.8) is 0 Å². The van der Waals surface area contributed by atoms with E-state index in [1.54, 1.807) is 6.26 Å². The number of nitrogens with zero attached hydrogens (tertiary/aromatic N) is 4. The van der Waals surface area contributed by atoms with E-state index in [-0.39, 0.29) is 12.1 Å². The third kappa shape index (κ3) is 4.12. The van der Waals surface area contributed by atoms with Crippen molar-refractivity contribution in [2.45, 2.75) is 18.7 Å². The molecule has 2 atom stereocenters. The molecule has 2 aliphatic rings. The van der Waals surface area contributed by atoms with E-state index in [1.165, 1.54) is 5.56 Å². The van der Waals surface area contributed by atoms with Crippen molar-refractivity contribution in [1.82, 2.24) is 14.8 Å². The van der Waals surface area contributed by atoms with E-state index < -0.39 is 0 Å². The number of pyridine rings is 1. The number of furan rings is 1. The van der Waals surface area contributed by atoms with Gasteiger partial charge in [0.15, 0.2) is 0 Å². The molecule has 2 aromatic heterocycles. The largest absolute Gasteiger partial charge is 0.464 e. The first kappa shape index (κ1) is 19.3. The van der Waals surface area contributed by atoms with Crippen LogP contribution in [0.25, 0.3) is 11.3 Å². The number of hydrogen-bond donors (Lipinski definition) is 1. The highest BCUT2D eigenvalue weighted by molar-refractivity contribution is 5.57. The molecule has 1 N–H and O–H groups in total. The number of rotatable bonds is 5. The highest BCUT2D eigenvalue weighted by atomic mass is 16.3. The van der Waals surface area contributed by atoms with E-state index in [0.29, 0.717) is 0 Å². The minimum Gasteiger partial charge on any atom is -0.464 e. The second-order valence-electron chi connectivity index (χ2n) is 8.21. The molecule has 1 aromatic carbocycles. The average molecular weight is 405 g/mol. The van der Waals surface area contributed by atoms with Crippen molar-refractivity contribution in [2.24, 2.45) is 0 Å². The van der Waals surface area contributed by atoms with Gasteiger partial charge in [0.25, 0.3) is 0 Å². The summed E-state index contributed by atoms with van der Waals surface area (Å²) >= 11 is 0. The van der Waals surface area contributed by atoms with Gasteiger partial charge in [0.1, 0.15) is 11.6 Å². The van der Waals surface area contributed by atoms with Crippen LogP contribution in [-0.4, -0.2) is 71.3 Å². The van der Waals surface area contributed by atoms with Crippen molar-refractivity contribution < 1.29 is 9.52 Å². The van der Waals surface area contributed by atoms with Crippen LogP contribution in [0.15, 0.2) is 71.5 Å². The normalized spacial score (nSPS) is 23.2. The van der Waals surface area contributed by atoms with E-state index in [2.05, 4.69) is 50.0 Å². The lowest BCUT2D eigenvalue weighted by atomic mass is 10.1. The molecule has 3 aromatic rings. The molecule has 2 aliphatic heterocycles. The van der Waals surface area contributed by atoms with Gasteiger partial charge in [0.05, 0.1) is 12.4 Å². The van der Waals surface area contributed by atoms with Crippen LogP contribution >= 0.6 is 0 Å². The van der Waals surface area contributed by atoms with Gasteiger partial charge in [-0.05, 0) is 29.8 Å². The Morgan fingerprint density at radius 1 is 0.933 bits per heavy atom. The third-order valence-corrected chi connectivity index (χ3v) is 6.26. The van der Waals surface area contributed by atoms with Gasteiger partial charge in [-0.1, -0.05) is 30.3 Å². The molecule has 0 bridgehead atoms. The first-order chi connectivity index (χ1) is 14.8. The molecular weight excluding hydrogens is 376 g/mol. The molecule has 5 rings (SSSR count). The van der Waals surface area contributed by atoms with Crippen LogP contribution in [0.1, 0.15) is 5.56 Å². The Balaban J connectivity index is 1.16. The summed E-state index contributed by atoms with van der Waals surface area (Å²) in [5.74, 6) is 1.94. The molecule has 2 saturated heterocycles. The number of aliphatic hydroxyl groups excluding tert-OH is 1. The van der Waals surface area contributed by atoms with Crippen molar-refractivity contribution >= 4 is 5.82 Å². The summed E-state index contributed by atoms with van der Waals surface area (Å²) in [6.45, 7) is 6.33. The molecule has 0 amide bonds. The Morgan fingerprint density at radius 3 is 2.47 bits per heavy atom. The summed E-state index contributed by atoms with van der Waals surface area (Å²) in [7, 11) is 0. The number of β-amino-alcohol motifs (C(OH)–C–C–N with tert-alkyl or cyclic N) is 1. The van der Waals surface area contributed by atoms with E-state index in [1.807, 2.05) is 30.5 Å². The van der Waals surface area contributed by atoms with Crippen LogP contribution in [0.4, 0.5) is 5.82 Å². The number of hydrogen-bond acceptors (Lipinski definition) is 6. The number of benzene rings is 1. The maximum absolute atomic E-state index is 10.7. The van der Waals surface area contributed by atoms with Crippen molar-refractivity contribution in [1.29, 1.82) is 0 Å². The van der Waals surface area contributed by atoms with Gasteiger partial charge in [-0.3, -0.25) is 9.80 Å². The molecule has 2 fully saturated rings. The fourth-order valence-electron chi connectivity index (χ4n) is 4.63. The molecule has 0 unspecified atom stereocenters. The smallest absolute Gasteiger partial charge is 0.133 e. The minimum atomic E-state index is -0.297. The molecular formula is C24H28N4O2. The predicted molar refractivity (Wildman–Crippen MR) is 117 cm³/mol. The molecule has 0 saturated carbocycles. The zero-order valence-corrected chi connectivity index (χ0v) is 17.1. The van der Waals surface area contributed by atoms with Gasteiger partial charge < -0.3 is 14.4 Å². The third-order valence-electron chi connectivity index (χ3n) is 6.26. The highest BCUT2D eigenvalue weighted by Crippen LogP contribution is 2.24. The Bertz CT molecular complexity index is 922. The number of piperazine rings is 1. The summed E-state index contributed by atoms with van der Waals surface area (Å²) in [4.78, 5) is 11.6. The van der Waals surface area contributed by atoms with Crippen LogP contribution < -0.4 is 4.90 Å². The molecule has 30 heavy (non-hydrogen) atoms. The Morgan fingerprint density at radius 2 is 1.77 bits per heavy atom. The molecule has 0 aliphatic carbocycles. The zero-order valence-electron chi connectivity index (χ0n) is 17.1. The van der Waals surface area contributed by atoms with Crippen LogP contribution in [-0.2, 0) is 6.54 Å². The predicted octanol–water partition coefficient (Wildman–Crippen LogP) is 2.71. The lowest BCUT2D eigenvalue weighted by Crippen LogP contribution is -2.53. The number of anilines is 1. The van der Waals surface area contributed by atoms with Crippen LogP contribution in [0.5, 0.6) is 0 Å². The van der Waals surface area contributed by atoms with Gasteiger partial charge in [0.2, 0.25) is 0 Å². The SMILES string of the molecule is O[C@H]1CN(Cc2ccc(-c3ccco3)cc2)C[C@@H]1N1CCN(c2ccccn2)CC1. The Labute approximate surface area is 177 Å². The van der Waals surface area contributed by atoms with E-state index in [4.69, 9.17) is 4.42 Å². The van der Waals surface area contributed by atoms with Gasteiger partial charge in [-0.15, -0.1) is 0 Å². The molecule has 4 heterocycles. The van der Waals surface area contributed by atoms with Crippen molar-refractivity contribution in [3.05, 3.63) is 72.6 Å². The van der Waals surface area contributed by atoms with E-state index in [9.17, 15) is 5.11 Å². The topological polar surface area (TPSA) is 56.0 Å². The molecule has 156 valence electrons. The van der Waals surface area contributed by atoms with E-state index >= 15 is 0 Å². The molecule has 6 heteroatoms. The summed E-state index contributed by atoms with van der Waals surface area (Å²) < 4.78 is 5.47. The standard InChI is InChI=1S/C24H28N4O2/c29-22-18-26(16-19-6-8-20(9-7-19)23-4-3-15-30-23)17-21(22)27-11-13-28(14-12-27)24-5-1-2-10-25-24/h1-10,15,21-22,29H,11-14,16-18H2/t21-,22-/m0/s1. The fourth-order valence-corrected chi connectivity index (χ4v) is 4.63. The minimum absolute atomic E-state index is 0.207. The second-order valence-corrected chi connectivity index (χ2v) is 8.21. The monoisotopic (exact) mass is 404 g/mol. The molecule has 0 spiro atoms. The first-order valence-electron chi connectivity index (χ1n) is 10.7. The van der Waals surface area contributed by atoms with Gasteiger partial charge >= 0.3 is 0 Å². The maximum atomic E-state index is 10.7.